The Hall–Kier alpha value is -0.0800. The topological polar surface area (TPSA) is 12.5 Å². The highest BCUT2D eigenvalue weighted by Gasteiger charge is 2.34. The van der Waals surface area contributed by atoms with Crippen molar-refractivity contribution in [2.45, 2.75) is 83.8 Å². The standard InChI is InChI=1S/C17H33NO/c1-4-5-11-17(2,3)19-14-15-9-8-13-18-12-7-6-10-16(15)18/h15-16H,4-14H2,1-3H3. The highest BCUT2D eigenvalue weighted by molar-refractivity contribution is 4.87. The van der Waals surface area contributed by atoms with E-state index in [0.717, 1.165) is 18.6 Å². The van der Waals surface area contributed by atoms with Gasteiger partial charge in [0.2, 0.25) is 0 Å². The lowest BCUT2D eigenvalue weighted by molar-refractivity contribution is -0.0699. The van der Waals surface area contributed by atoms with Crippen molar-refractivity contribution in [1.82, 2.24) is 4.90 Å². The molecule has 2 aliphatic rings. The van der Waals surface area contributed by atoms with Crippen LogP contribution in [0.2, 0.25) is 0 Å². The fourth-order valence-electron chi connectivity index (χ4n) is 3.78. The number of fused-ring (bicyclic) bond motifs is 1. The average Bonchev–Trinajstić information content (AvgIpc) is 2.43. The van der Waals surface area contributed by atoms with Crippen molar-refractivity contribution in [2.75, 3.05) is 19.7 Å². The Morgan fingerprint density at radius 1 is 1.11 bits per heavy atom. The summed E-state index contributed by atoms with van der Waals surface area (Å²) >= 11 is 0. The number of hydrogen-bond donors (Lipinski definition) is 0. The molecule has 2 unspecified atom stereocenters. The molecule has 2 rings (SSSR count). The van der Waals surface area contributed by atoms with E-state index in [1.54, 1.807) is 0 Å². The third-order valence-corrected chi connectivity index (χ3v) is 5.05. The van der Waals surface area contributed by atoms with Crippen LogP contribution in [0.1, 0.15) is 72.1 Å². The quantitative estimate of drug-likeness (QED) is 0.714. The number of ether oxygens (including phenoxy) is 1. The number of unbranched alkanes of at least 4 members (excludes halogenated alkanes) is 1. The Morgan fingerprint density at radius 3 is 2.68 bits per heavy atom. The van der Waals surface area contributed by atoms with Gasteiger partial charge in [0, 0.05) is 6.04 Å². The lowest BCUT2D eigenvalue weighted by Gasteiger charge is -2.45. The molecule has 2 fully saturated rings. The molecule has 0 saturated carbocycles. The first kappa shape index (κ1) is 15.3. The van der Waals surface area contributed by atoms with Crippen LogP contribution in [0, 0.1) is 5.92 Å². The van der Waals surface area contributed by atoms with Gasteiger partial charge in [-0.3, -0.25) is 0 Å². The van der Waals surface area contributed by atoms with Gasteiger partial charge in [0.05, 0.1) is 12.2 Å². The van der Waals surface area contributed by atoms with Gasteiger partial charge in [-0.05, 0) is 65.0 Å². The Morgan fingerprint density at radius 2 is 1.89 bits per heavy atom. The van der Waals surface area contributed by atoms with E-state index in [9.17, 15) is 0 Å². The molecule has 2 saturated heterocycles. The van der Waals surface area contributed by atoms with Gasteiger partial charge in [-0.25, -0.2) is 0 Å². The minimum Gasteiger partial charge on any atom is -0.375 e. The zero-order chi connectivity index (χ0) is 13.7. The van der Waals surface area contributed by atoms with Crippen LogP contribution in [-0.4, -0.2) is 36.2 Å². The molecule has 2 nitrogen and oxygen atoms in total. The van der Waals surface area contributed by atoms with Crippen LogP contribution < -0.4 is 0 Å². The molecular formula is C17H33NO. The van der Waals surface area contributed by atoms with Crippen molar-refractivity contribution in [3.63, 3.8) is 0 Å². The normalized spacial score (nSPS) is 29.2. The number of nitrogens with zero attached hydrogens (tertiary/aromatic N) is 1. The molecule has 0 aliphatic carbocycles. The van der Waals surface area contributed by atoms with Crippen molar-refractivity contribution in [3.05, 3.63) is 0 Å². The fraction of sp³-hybridized carbons (Fsp3) is 1.00. The predicted octanol–water partition coefficient (Wildman–Crippen LogP) is 4.24. The molecule has 2 aliphatic heterocycles. The van der Waals surface area contributed by atoms with Gasteiger partial charge in [-0.2, -0.15) is 0 Å². The molecule has 0 aromatic carbocycles. The smallest absolute Gasteiger partial charge is 0.0626 e. The SMILES string of the molecule is CCCCC(C)(C)OCC1CCCN2CCCCC12. The van der Waals surface area contributed by atoms with Gasteiger partial charge in [0.25, 0.3) is 0 Å². The zero-order valence-corrected chi connectivity index (χ0v) is 13.3. The van der Waals surface area contributed by atoms with E-state index in [0.29, 0.717) is 0 Å². The minimum atomic E-state index is 0.0763. The molecule has 2 atom stereocenters. The van der Waals surface area contributed by atoms with Gasteiger partial charge in [-0.15, -0.1) is 0 Å². The van der Waals surface area contributed by atoms with Crippen molar-refractivity contribution in [2.24, 2.45) is 5.92 Å². The van der Waals surface area contributed by atoms with Crippen LogP contribution in [0.15, 0.2) is 0 Å². The summed E-state index contributed by atoms with van der Waals surface area (Å²) in [5.41, 5.74) is 0.0763. The highest BCUT2D eigenvalue weighted by atomic mass is 16.5. The van der Waals surface area contributed by atoms with Crippen molar-refractivity contribution >= 4 is 0 Å². The van der Waals surface area contributed by atoms with Crippen molar-refractivity contribution in [1.29, 1.82) is 0 Å². The molecule has 112 valence electrons. The van der Waals surface area contributed by atoms with Crippen LogP contribution in [0.4, 0.5) is 0 Å². The molecule has 2 heterocycles. The summed E-state index contributed by atoms with van der Waals surface area (Å²) in [4.78, 5) is 2.74. The molecule has 0 N–H and O–H groups in total. The lowest BCUT2D eigenvalue weighted by Crippen LogP contribution is -2.49. The van der Waals surface area contributed by atoms with Crippen molar-refractivity contribution in [3.8, 4) is 0 Å². The minimum absolute atomic E-state index is 0.0763. The highest BCUT2D eigenvalue weighted by Crippen LogP contribution is 2.32. The molecule has 19 heavy (non-hydrogen) atoms. The number of rotatable bonds is 6. The van der Waals surface area contributed by atoms with E-state index in [1.165, 1.54) is 64.5 Å². The van der Waals surface area contributed by atoms with Gasteiger partial charge >= 0.3 is 0 Å². The van der Waals surface area contributed by atoms with Crippen LogP contribution >= 0.6 is 0 Å². The van der Waals surface area contributed by atoms with Crippen LogP contribution in [0.3, 0.4) is 0 Å². The zero-order valence-electron chi connectivity index (χ0n) is 13.3. The Labute approximate surface area is 119 Å². The maximum Gasteiger partial charge on any atom is 0.0626 e. The Bertz CT molecular complexity index is 262. The van der Waals surface area contributed by atoms with E-state index in [1.807, 2.05) is 0 Å². The molecule has 0 bridgehead atoms. The molecule has 0 spiro atoms. The summed E-state index contributed by atoms with van der Waals surface area (Å²) in [6, 6.07) is 0.824. The van der Waals surface area contributed by atoms with E-state index in [4.69, 9.17) is 4.74 Å². The molecule has 0 radical (unpaired) electrons. The average molecular weight is 267 g/mol. The van der Waals surface area contributed by atoms with E-state index in [-0.39, 0.29) is 5.60 Å². The summed E-state index contributed by atoms with van der Waals surface area (Å²) in [7, 11) is 0. The van der Waals surface area contributed by atoms with Crippen molar-refractivity contribution < 1.29 is 4.74 Å². The second-order valence-electron chi connectivity index (χ2n) is 7.18. The summed E-state index contributed by atoms with van der Waals surface area (Å²) in [5.74, 6) is 0.787. The summed E-state index contributed by atoms with van der Waals surface area (Å²) in [6.07, 6.45) is 10.8. The maximum absolute atomic E-state index is 6.29. The monoisotopic (exact) mass is 267 g/mol. The number of hydrogen-bond acceptors (Lipinski definition) is 2. The fourth-order valence-corrected chi connectivity index (χ4v) is 3.78. The van der Waals surface area contributed by atoms with Gasteiger partial charge < -0.3 is 9.64 Å². The molecule has 0 aromatic heterocycles. The van der Waals surface area contributed by atoms with E-state index in [2.05, 4.69) is 25.7 Å². The Kier molecular flexibility index (Phi) is 5.70. The first-order valence-electron chi connectivity index (χ1n) is 8.50. The third kappa shape index (κ3) is 4.46. The lowest BCUT2D eigenvalue weighted by atomic mass is 9.84. The van der Waals surface area contributed by atoms with Gasteiger partial charge in [0.1, 0.15) is 0 Å². The predicted molar refractivity (Wildman–Crippen MR) is 81.5 cm³/mol. The van der Waals surface area contributed by atoms with E-state index >= 15 is 0 Å². The Balaban J connectivity index is 1.80. The second kappa shape index (κ2) is 7.08. The second-order valence-corrected chi connectivity index (χ2v) is 7.18. The van der Waals surface area contributed by atoms with Gasteiger partial charge in [-0.1, -0.05) is 26.2 Å². The molecule has 0 aromatic rings. The third-order valence-electron chi connectivity index (χ3n) is 5.05. The van der Waals surface area contributed by atoms with Crippen LogP contribution in [0.5, 0.6) is 0 Å². The molecule has 2 heteroatoms. The first-order valence-corrected chi connectivity index (χ1v) is 8.50. The van der Waals surface area contributed by atoms with Crippen LogP contribution in [0.25, 0.3) is 0 Å². The largest absolute Gasteiger partial charge is 0.375 e. The number of piperidine rings is 2. The summed E-state index contributed by atoms with van der Waals surface area (Å²) < 4.78 is 6.29. The van der Waals surface area contributed by atoms with E-state index < -0.39 is 0 Å². The van der Waals surface area contributed by atoms with Crippen LogP contribution in [-0.2, 0) is 4.74 Å². The first-order chi connectivity index (χ1) is 9.12. The summed E-state index contributed by atoms with van der Waals surface area (Å²) in [5, 5.41) is 0. The molecular weight excluding hydrogens is 234 g/mol. The summed E-state index contributed by atoms with van der Waals surface area (Å²) in [6.45, 7) is 10.4. The van der Waals surface area contributed by atoms with Gasteiger partial charge in [0.15, 0.2) is 0 Å². The maximum atomic E-state index is 6.29. The molecule has 0 amide bonds.